The first-order chi connectivity index (χ1) is 10.1. The molecule has 0 saturated carbocycles. The van der Waals surface area contributed by atoms with Gasteiger partial charge >= 0.3 is 0 Å². The molecule has 0 bridgehead atoms. The van der Waals surface area contributed by atoms with Crippen LogP contribution in [0.25, 0.3) is 11.3 Å². The largest absolute Gasteiger partial charge is 0.496 e. The van der Waals surface area contributed by atoms with E-state index in [0.717, 1.165) is 22.6 Å². The van der Waals surface area contributed by atoms with Crippen LogP contribution in [0.1, 0.15) is 18.1 Å². The maximum atomic E-state index is 12.4. The monoisotopic (exact) mass is 282 g/mol. The van der Waals surface area contributed by atoms with Crippen LogP contribution in [0.15, 0.2) is 35.1 Å². The van der Waals surface area contributed by atoms with Gasteiger partial charge < -0.3 is 9.30 Å². The lowest BCUT2D eigenvalue weighted by Crippen LogP contribution is -2.24. The molecule has 2 aromatic rings. The van der Waals surface area contributed by atoms with E-state index in [0.29, 0.717) is 12.1 Å². The zero-order chi connectivity index (χ0) is 15.4. The Morgan fingerprint density at radius 3 is 2.67 bits per heavy atom. The molecule has 1 aromatic heterocycles. The van der Waals surface area contributed by atoms with Crippen LogP contribution in [-0.2, 0) is 13.0 Å². The summed E-state index contributed by atoms with van der Waals surface area (Å²) in [7, 11) is 1.62. The highest BCUT2D eigenvalue weighted by atomic mass is 16.5. The third-order valence-electron chi connectivity index (χ3n) is 3.47. The molecule has 4 heteroatoms. The Morgan fingerprint density at radius 2 is 2.05 bits per heavy atom. The quantitative estimate of drug-likeness (QED) is 0.866. The van der Waals surface area contributed by atoms with Crippen LogP contribution in [0.5, 0.6) is 5.75 Å². The van der Waals surface area contributed by atoms with Crippen molar-refractivity contribution in [2.24, 2.45) is 0 Å². The molecule has 4 nitrogen and oxygen atoms in total. The Bertz CT molecular complexity index is 754. The van der Waals surface area contributed by atoms with Gasteiger partial charge in [0.25, 0.3) is 5.56 Å². The zero-order valence-electron chi connectivity index (χ0n) is 12.5. The molecule has 1 heterocycles. The number of methoxy groups -OCH3 is 1. The molecule has 0 spiro atoms. The van der Waals surface area contributed by atoms with Gasteiger partial charge in [-0.25, -0.2) is 0 Å². The summed E-state index contributed by atoms with van der Waals surface area (Å²) in [6, 6.07) is 11.5. The Morgan fingerprint density at radius 1 is 1.29 bits per heavy atom. The molecular weight excluding hydrogens is 264 g/mol. The number of ether oxygens (including phenoxy) is 1. The van der Waals surface area contributed by atoms with E-state index in [4.69, 9.17) is 10.00 Å². The van der Waals surface area contributed by atoms with Gasteiger partial charge in [-0.1, -0.05) is 17.7 Å². The van der Waals surface area contributed by atoms with Crippen molar-refractivity contribution in [3.8, 4) is 23.1 Å². The number of hydrogen-bond donors (Lipinski definition) is 0. The van der Waals surface area contributed by atoms with Gasteiger partial charge in [-0.3, -0.25) is 4.79 Å². The molecule has 0 radical (unpaired) electrons. The van der Waals surface area contributed by atoms with Crippen LogP contribution >= 0.6 is 0 Å². The number of pyridine rings is 1. The van der Waals surface area contributed by atoms with Gasteiger partial charge in [0.05, 0.1) is 25.3 Å². The van der Waals surface area contributed by atoms with Crippen LogP contribution in [0.4, 0.5) is 0 Å². The minimum absolute atomic E-state index is 0.111. The minimum atomic E-state index is -0.111. The van der Waals surface area contributed by atoms with Gasteiger partial charge in [0.1, 0.15) is 5.75 Å². The Balaban J connectivity index is 2.71. The van der Waals surface area contributed by atoms with Crippen molar-refractivity contribution in [1.29, 1.82) is 5.26 Å². The summed E-state index contributed by atoms with van der Waals surface area (Å²) >= 11 is 0. The van der Waals surface area contributed by atoms with Gasteiger partial charge in [-0.2, -0.15) is 5.26 Å². The smallest absolute Gasteiger partial charge is 0.255 e. The van der Waals surface area contributed by atoms with Crippen molar-refractivity contribution in [2.75, 3.05) is 7.11 Å². The second kappa shape index (κ2) is 6.27. The molecule has 0 aliphatic heterocycles. The molecule has 0 aliphatic carbocycles. The summed E-state index contributed by atoms with van der Waals surface area (Å²) < 4.78 is 7.09. The van der Waals surface area contributed by atoms with Crippen molar-refractivity contribution in [3.63, 3.8) is 0 Å². The fourth-order valence-corrected chi connectivity index (χ4v) is 2.41. The highest BCUT2D eigenvalue weighted by Gasteiger charge is 2.13. The van der Waals surface area contributed by atoms with Crippen molar-refractivity contribution >= 4 is 0 Å². The van der Waals surface area contributed by atoms with Crippen molar-refractivity contribution < 1.29 is 4.74 Å². The topological polar surface area (TPSA) is 55.0 Å². The fraction of sp³-hybridized carbons (Fsp3) is 0.294. The maximum Gasteiger partial charge on any atom is 0.255 e. The average molecular weight is 282 g/mol. The normalized spacial score (nSPS) is 10.2. The molecule has 0 N–H and O–H groups in total. The standard InChI is InChI=1S/C17H18N2O2/c1-4-19-15(7-6-13(9-10-18)17(19)20)14-11-12(2)5-8-16(14)21-3/h5-8,11H,4,9H2,1-3H3. The van der Waals surface area contributed by atoms with E-state index in [9.17, 15) is 4.79 Å². The van der Waals surface area contributed by atoms with Crippen molar-refractivity contribution in [2.45, 2.75) is 26.8 Å². The summed E-state index contributed by atoms with van der Waals surface area (Å²) in [4.78, 5) is 12.4. The highest BCUT2D eigenvalue weighted by molar-refractivity contribution is 5.68. The lowest BCUT2D eigenvalue weighted by Gasteiger charge is -2.15. The number of rotatable bonds is 4. The number of hydrogen-bond acceptors (Lipinski definition) is 3. The van der Waals surface area contributed by atoms with Crippen LogP contribution in [0.3, 0.4) is 0 Å². The SMILES string of the molecule is CCn1c(-c2cc(C)ccc2OC)ccc(CC#N)c1=O. The summed E-state index contributed by atoms with van der Waals surface area (Å²) in [6.07, 6.45) is 0.129. The maximum absolute atomic E-state index is 12.4. The Labute approximate surface area is 124 Å². The molecule has 0 unspecified atom stereocenters. The van der Waals surface area contributed by atoms with E-state index in [-0.39, 0.29) is 12.0 Å². The first-order valence-corrected chi connectivity index (χ1v) is 6.87. The molecular formula is C17H18N2O2. The van der Waals surface area contributed by atoms with E-state index < -0.39 is 0 Å². The second-order valence-corrected chi connectivity index (χ2v) is 4.83. The van der Waals surface area contributed by atoms with Crippen LogP contribution in [0.2, 0.25) is 0 Å². The predicted octanol–water partition coefficient (Wildman–Crippen LogP) is 2.92. The first-order valence-electron chi connectivity index (χ1n) is 6.87. The summed E-state index contributed by atoms with van der Waals surface area (Å²) in [6.45, 7) is 4.47. The number of aromatic nitrogens is 1. The van der Waals surface area contributed by atoms with E-state index in [1.807, 2.05) is 44.2 Å². The Hall–Kier alpha value is -2.54. The van der Waals surface area contributed by atoms with E-state index in [2.05, 4.69) is 0 Å². The molecule has 2 rings (SSSR count). The highest BCUT2D eigenvalue weighted by Crippen LogP contribution is 2.30. The molecule has 0 amide bonds. The molecule has 108 valence electrons. The summed E-state index contributed by atoms with van der Waals surface area (Å²) in [5.41, 5.74) is 3.21. The number of benzene rings is 1. The minimum Gasteiger partial charge on any atom is -0.496 e. The number of aryl methyl sites for hydroxylation is 1. The molecule has 21 heavy (non-hydrogen) atoms. The lowest BCUT2D eigenvalue weighted by molar-refractivity contribution is 0.416. The fourth-order valence-electron chi connectivity index (χ4n) is 2.41. The third-order valence-corrected chi connectivity index (χ3v) is 3.47. The third kappa shape index (κ3) is 2.82. The summed E-state index contributed by atoms with van der Waals surface area (Å²) in [5, 5.41) is 8.79. The van der Waals surface area contributed by atoms with Gasteiger partial charge in [0, 0.05) is 17.7 Å². The molecule has 0 saturated heterocycles. The average Bonchev–Trinajstić information content (AvgIpc) is 2.49. The molecule has 1 aromatic carbocycles. The lowest BCUT2D eigenvalue weighted by atomic mass is 10.0. The van der Waals surface area contributed by atoms with Gasteiger partial charge in [-0.05, 0) is 32.0 Å². The number of nitriles is 1. The Kier molecular flexibility index (Phi) is 4.44. The van der Waals surface area contributed by atoms with Crippen molar-refractivity contribution in [1.82, 2.24) is 4.57 Å². The predicted molar refractivity (Wildman–Crippen MR) is 82.4 cm³/mol. The van der Waals surface area contributed by atoms with Gasteiger partial charge in [-0.15, -0.1) is 0 Å². The van der Waals surface area contributed by atoms with E-state index >= 15 is 0 Å². The number of nitrogens with zero attached hydrogens (tertiary/aromatic N) is 2. The first kappa shape index (κ1) is 14.9. The van der Waals surface area contributed by atoms with Crippen LogP contribution in [-0.4, -0.2) is 11.7 Å². The molecule has 0 aliphatic rings. The summed E-state index contributed by atoms with van der Waals surface area (Å²) in [5.74, 6) is 0.732. The van der Waals surface area contributed by atoms with Crippen LogP contribution in [0, 0.1) is 18.3 Å². The molecule has 0 fully saturated rings. The van der Waals surface area contributed by atoms with Crippen molar-refractivity contribution in [3.05, 3.63) is 51.8 Å². The van der Waals surface area contributed by atoms with Gasteiger partial charge in [0.2, 0.25) is 0 Å². The van der Waals surface area contributed by atoms with Gasteiger partial charge in [0.15, 0.2) is 0 Å². The second-order valence-electron chi connectivity index (χ2n) is 4.83. The van der Waals surface area contributed by atoms with Crippen LogP contribution < -0.4 is 10.3 Å². The van der Waals surface area contributed by atoms with E-state index in [1.165, 1.54) is 0 Å². The molecule has 0 atom stereocenters. The van der Waals surface area contributed by atoms with E-state index in [1.54, 1.807) is 17.7 Å². The zero-order valence-corrected chi connectivity index (χ0v) is 12.5.